The molecule has 27 heavy (non-hydrogen) atoms. The van der Waals surface area contributed by atoms with Crippen LogP contribution >= 0.6 is 22.9 Å². The minimum Gasteiger partial charge on any atom is -0.593 e. The van der Waals surface area contributed by atoms with Crippen molar-refractivity contribution in [3.63, 3.8) is 0 Å². The Balaban J connectivity index is 1.65. The Kier molecular flexibility index (Phi) is 4.77. The van der Waals surface area contributed by atoms with Crippen molar-refractivity contribution in [1.29, 1.82) is 5.41 Å². The van der Waals surface area contributed by atoms with Gasteiger partial charge in [0.2, 0.25) is 5.96 Å². The number of pyridine rings is 1. The van der Waals surface area contributed by atoms with E-state index in [0.29, 0.717) is 20.6 Å². The van der Waals surface area contributed by atoms with Crippen LogP contribution in [0.2, 0.25) is 5.02 Å². The van der Waals surface area contributed by atoms with E-state index < -0.39 is 22.2 Å². The average Bonchev–Trinajstić information content (AvgIpc) is 3.19. The van der Waals surface area contributed by atoms with Gasteiger partial charge in [-0.1, -0.05) is 17.7 Å². The Morgan fingerprint density at radius 2 is 2.41 bits per heavy atom. The largest absolute Gasteiger partial charge is 0.593 e. The molecule has 142 valence electrons. The predicted molar refractivity (Wildman–Crippen MR) is 105 cm³/mol. The molecule has 0 aromatic carbocycles. The third-order valence-electron chi connectivity index (χ3n) is 4.40. The van der Waals surface area contributed by atoms with E-state index in [0.717, 1.165) is 5.69 Å². The van der Waals surface area contributed by atoms with Gasteiger partial charge in [0.1, 0.15) is 5.82 Å². The molecule has 2 aliphatic heterocycles. The van der Waals surface area contributed by atoms with Crippen molar-refractivity contribution in [2.75, 3.05) is 18.5 Å². The first kappa shape index (κ1) is 18.5. The van der Waals surface area contributed by atoms with Crippen molar-refractivity contribution in [1.82, 2.24) is 15.0 Å². The SMILES string of the molecule is Cc1cccc(NC(=O)c2cc(Cl)c(C34COCC3[S+]([O-])NC(=N)N4)s2)n1. The number of guanidine groups is 1. The van der Waals surface area contributed by atoms with E-state index in [1.54, 1.807) is 12.1 Å². The third-order valence-corrected chi connectivity index (χ3v) is 7.59. The maximum atomic E-state index is 12.6. The molecule has 4 heterocycles. The Labute approximate surface area is 167 Å². The number of aryl methyl sites for hydroxylation is 1. The van der Waals surface area contributed by atoms with Gasteiger partial charge in [-0.15, -0.1) is 11.3 Å². The van der Waals surface area contributed by atoms with Crippen molar-refractivity contribution in [3.8, 4) is 0 Å². The zero-order valence-electron chi connectivity index (χ0n) is 14.2. The summed E-state index contributed by atoms with van der Waals surface area (Å²) in [4.78, 5) is 17.9. The number of rotatable bonds is 3. The van der Waals surface area contributed by atoms with Gasteiger partial charge < -0.3 is 19.9 Å². The molecule has 0 spiro atoms. The molecule has 0 bridgehead atoms. The second-order valence-electron chi connectivity index (χ2n) is 6.28. The van der Waals surface area contributed by atoms with E-state index in [2.05, 4.69) is 20.3 Å². The molecule has 8 nitrogen and oxygen atoms in total. The first-order valence-electron chi connectivity index (χ1n) is 8.05. The number of ether oxygens (including phenoxy) is 1. The molecule has 1 amide bonds. The number of nitrogens with zero attached hydrogens (tertiary/aromatic N) is 1. The van der Waals surface area contributed by atoms with Crippen molar-refractivity contribution < 1.29 is 14.1 Å². The summed E-state index contributed by atoms with van der Waals surface area (Å²) in [6, 6.07) is 6.93. The second-order valence-corrected chi connectivity index (χ2v) is 9.11. The van der Waals surface area contributed by atoms with Gasteiger partial charge >= 0.3 is 0 Å². The number of carbonyl (C=O) groups is 1. The summed E-state index contributed by atoms with van der Waals surface area (Å²) in [5.74, 6) is 0.0620. The smallest absolute Gasteiger partial charge is 0.266 e. The quantitative estimate of drug-likeness (QED) is 0.555. The zero-order chi connectivity index (χ0) is 19.2. The summed E-state index contributed by atoms with van der Waals surface area (Å²) in [7, 11) is 0. The average molecular weight is 426 g/mol. The molecule has 4 N–H and O–H groups in total. The van der Waals surface area contributed by atoms with Gasteiger partial charge in [0.25, 0.3) is 5.91 Å². The molecule has 3 atom stereocenters. The van der Waals surface area contributed by atoms with Gasteiger partial charge in [-0.25, -0.2) is 4.98 Å². The molecule has 3 unspecified atom stereocenters. The molecule has 0 radical (unpaired) electrons. The number of anilines is 1. The van der Waals surface area contributed by atoms with Crippen LogP contribution in [0.1, 0.15) is 20.2 Å². The summed E-state index contributed by atoms with van der Waals surface area (Å²) >= 11 is 6.15. The number of aromatic nitrogens is 1. The highest BCUT2D eigenvalue weighted by Gasteiger charge is 2.58. The lowest BCUT2D eigenvalue weighted by atomic mass is 9.96. The van der Waals surface area contributed by atoms with Crippen LogP contribution < -0.4 is 15.4 Å². The minimum atomic E-state index is -1.48. The maximum absolute atomic E-state index is 12.6. The first-order valence-corrected chi connectivity index (χ1v) is 10.5. The number of hydrogen-bond donors (Lipinski definition) is 4. The number of fused-ring (bicyclic) bond motifs is 1. The van der Waals surface area contributed by atoms with Crippen molar-refractivity contribution in [2.45, 2.75) is 17.7 Å². The van der Waals surface area contributed by atoms with Crippen molar-refractivity contribution in [3.05, 3.63) is 44.7 Å². The first-order chi connectivity index (χ1) is 12.9. The standard InChI is InChI=1S/C16H16ClN5O3S2/c1-8-3-2-4-12(19-8)20-14(23)10-5-9(17)13(26-10)16-7-25-6-11(16)27(24)22-15(18)21-16/h2-5,11H,6-7H2,1H3,(H3,18,21,22)(H,19,20,23). The molecule has 2 aromatic rings. The van der Waals surface area contributed by atoms with Crippen LogP contribution in [0.3, 0.4) is 0 Å². The van der Waals surface area contributed by atoms with Gasteiger partial charge in [0, 0.05) is 5.69 Å². The van der Waals surface area contributed by atoms with Crippen LogP contribution in [-0.4, -0.2) is 39.9 Å². The summed E-state index contributed by atoms with van der Waals surface area (Å²) in [5, 5.41) is 13.6. The summed E-state index contributed by atoms with van der Waals surface area (Å²) in [6.45, 7) is 2.32. The topological polar surface area (TPSA) is 122 Å². The Bertz CT molecular complexity index is 923. The van der Waals surface area contributed by atoms with Crippen LogP contribution in [0.25, 0.3) is 0 Å². The van der Waals surface area contributed by atoms with E-state index >= 15 is 0 Å². The van der Waals surface area contributed by atoms with Gasteiger partial charge in [-0.3, -0.25) is 10.2 Å². The fraction of sp³-hybridized carbons (Fsp3) is 0.312. The number of hydrogen-bond acceptors (Lipinski definition) is 6. The van der Waals surface area contributed by atoms with Crippen LogP contribution in [-0.2, 0) is 21.6 Å². The fourth-order valence-corrected chi connectivity index (χ4v) is 6.08. The van der Waals surface area contributed by atoms with Gasteiger partial charge in [-0.2, -0.15) is 4.72 Å². The predicted octanol–water partition coefficient (Wildman–Crippen LogP) is 1.74. The maximum Gasteiger partial charge on any atom is 0.266 e. The molecule has 0 aliphatic carbocycles. The van der Waals surface area contributed by atoms with E-state index in [1.807, 2.05) is 19.1 Å². The van der Waals surface area contributed by atoms with E-state index in [9.17, 15) is 9.35 Å². The molecule has 2 aliphatic rings. The molecular formula is C16H16ClN5O3S2. The number of carbonyl (C=O) groups excluding carboxylic acids is 1. The molecule has 11 heteroatoms. The highest BCUT2D eigenvalue weighted by Crippen LogP contribution is 2.44. The fourth-order valence-electron chi connectivity index (χ4n) is 3.19. The zero-order valence-corrected chi connectivity index (χ0v) is 16.6. The molecule has 0 saturated carbocycles. The van der Waals surface area contributed by atoms with Gasteiger partial charge in [-0.05, 0) is 25.1 Å². The second kappa shape index (κ2) is 6.95. The Morgan fingerprint density at radius 3 is 3.19 bits per heavy atom. The summed E-state index contributed by atoms with van der Waals surface area (Å²) in [6.07, 6.45) is 0. The van der Waals surface area contributed by atoms with Gasteiger partial charge in [0.15, 0.2) is 10.8 Å². The lowest BCUT2D eigenvalue weighted by molar-refractivity contribution is 0.103. The van der Waals surface area contributed by atoms with Crippen LogP contribution in [0.15, 0.2) is 24.3 Å². The lowest BCUT2D eigenvalue weighted by Gasteiger charge is -2.38. The van der Waals surface area contributed by atoms with Crippen molar-refractivity contribution >= 4 is 52.0 Å². The van der Waals surface area contributed by atoms with Crippen LogP contribution in [0.5, 0.6) is 0 Å². The van der Waals surface area contributed by atoms with E-state index in [4.69, 9.17) is 21.7 Å². The number of thiophene rings is 1. The lowest BCUT2D eigenvalue weighted by Crippen LogP contribution is -2.66. The van der Waals surface area contributed by atoms with E-state index in [-0.39, 0.29) is 25.1 Å². The summed E-state index contributed by atoms with van der Waals surface area (Å²) in [5.41, 5.74) is -0.0999. The molecular weight excluding hydrogens is 410 g/mol. The number of amides is 1. The monoisotopic (exact) mass is 425 g/mol. The molecule has 4 rings (SSSR count). The van der Waals surface area contributed by atoms with Crippen LogP contribution in [0.4, 0.5) is 5.82 Å². The Morgan fingerprint density at radius 1 is 1.59 bits per heavy atom. The highest BCUT2D eigenvalue weighted by molar-refractivity contribution is 7.90. The van der Waals surface area contributed by atoms with Crippen LogP contribution in [0, 0.1) is 12.3 Å². The molecule has 2 saturated heterocycles. The van der Waals surface area contributed by atoms with Crippen molar-refractivity contribution in [2.24, 2.45) is 0 Å². The molecule has 2 aromatic heterocycles. The minimum absolute atomic E-state index is 0.0606. The molecule has 2 fully saturated rings. The number of halogens is 1. The summed E-state index contributed by atoms with van der Waals surface area (Å²) < 4.78 is 20.5. The Hall–Kier alpha value is -1.85. The highest BCUT2D eigenvalue weighted by atomic mass is 35.5. The van der Waals surface area contributed by atoms with Gasteiger partial charge in [0.05, 0.1) is 39.4 Å². The van der Waals surface area contributed by atoms with E-state index in [1.165, 1.54) is 11.3 Å². The number of nitrogens with one attached hydrogen (secondary N) is 4. The normalized spacial score (nSPS) is 26.9. The third kappa shape index (κ3) is 3.27.